The minimum absolute atomic E-state index is 0.679. The molecule has 2 heterocycles. The maximum atomic E-state index is 4.30. The quantitative estimate of drug-likeness (QED) is 0.782. The highest BCUT2D eigenvalue weighted by Crippen LogP contribution is 2.17. The van der Waals surface area contributed by atoms with Gasteiger partial charge in [0.2, 0.25) is 0 Å². The number of piperidine rings is 1. The number of likely N-dealkylation sites (tertiary alicyclic amines) is 1. The van der Waals surface area contributed by atoms with Crippen LogP contribution in [0.4, 0.5) is 0 Å². The van der Waals surface area contributed by atoms with Crippen molar-refractivity contribution in [2.24, 2.45) is 0 Å². The van der Waals surface area contributed by atoms with Gasteiger partial charge in [-0.15, -0.1) is 0 Å². The molecule has 2 rings (SSSR count). The summed E-state index contributed by atoms with van der Waals surface area (Å²) in [5.74, 6) is 0. The largest absolute Gasteiger partial charge is 0.332 e. The second-order valence-electron chi connectivity index (χ2n) is 5.34. The van der Waals surface area contributed by atoms with E-state index in [9.17, 15) is 0 Å². The van der Waals surface area contributed by atoms with Crippen molar-refractivity contribution in [1.29, 1.82) is 0 Å². The van der Waals surface area contributed by atoms with Gasteiger partial charge in [-0.05, 0) is 39.4 Å². The van der Waals surface area contributed by atoms with E-state index in [0.717, 1.165) is 19.6 Å². The maximum absolute atomic E-state index is 4.30. The van der Waals surface area contributed by atoms with E-state index in [1.807, 2.05) is 12.5 Å². The lowest BCUT2D eigenvalue weighted by molar-refractivity contribution is 0.166. The number of nitrogens with one attached hydrogen (secondary N) is 1. The lowest BCUT2D eigenvalue weighted by Gasteiger charge is -2.33. The molecule has 4 heteroatoms. The molecule has 1 aromatic heterocycles. The Kier molecular flexibility index (Phi) is 5.20. The average Bonchev–Trinajstić information content (AvgIpc) is 2.80. The number of hydrogen-bond donors (Lipinski definition) is 1. The van der Waals surface area contributed by atoms with Crippen molar-refractivity contribution in [3.63, 3.8) is 0 Å². The van der Waals surface area contributed by atoms with Gasteiger partial charge in [-0.2, -0.15) is 0 Å². The van der Waals surface area contributed by atoms with Crippen molar-refractivity contribution in [1.82, 2.24) is 19.8 Å². The summed E-state index contributed by atoms with van der Waals surface area (Å²) in [6.07, 6.45) is 9.18. The summed E-state index contributed by atoms with van der Waals surface area (Å²) in [6, 6.07) is 0.679. The van der Waals surface area contributed by atoms with Gasteiger partial charge in [0.15, 0.2) is 0 Å². The second-order valence-corrected chi connectivity index (χ2v) is 5.34. The number of hydrogen-bond acceptors (Lipinski definition) is 3. The highest BCUT2D eigenvalue weighted by molar-refractivity contribution is 4.99. The van der Waals surface area contributed by atoms with Crippen LogP contribution in [0.1, 0.15) is 38.3 Å². The van der Waals surface area contributed by atoms with Crippen LogP contribution in [0.2, 0.25) is 0 Å². The molecule has 1 fully saturated rings. The summed E-state index contributed by atoms with van der Waals surface area (Å²) in [6.45, 7) is 6.53. The first-order valence-electron chi connectivity index (χ1n) is 7.21. The Morgan fingerprint density at radius 1 is 1.44 bits per heavy atom. The molecule has 18 heavy (non-hydrogen) atoms. The Hall–Kier alpha value is -0.870. The van der Waals surface area contributed by atoms with E-state index >= 15 is 0 Å². The van der Waals surface area contributed by atoms with Crippen LogP contribution in [0.25, 0.3) is 0 Å². The van der Waals surface area contributed by atoms with E-state index in [1.54, 1.807) is 0 Å². The van der Waals surface area contributed by atoms with E-state index in [4.69, 9.17) is 0 Å². The molecule has 0 amide bonds. The molecule has 0 aromatic carbocycles. The molecule has 1 saturated heterocycles. The van der Waals surface area contributed by atoms with Gasteiger partial charge in [0.25, 0.3) is 0 Å². The fourth-order valence-corrected chi connectivity index (χ4v) is 2.65. The molecule has 0 aliphatic carbocycles. The van der Waals surface area contributed by atoms with Crippen molar-refractivity contribution < 1.29 is 0 Å². The second kappa shape index (κ2) is 6.90. The van der Waals surface area contributed by atoms with Crippen LogP contribution in [0.3, 0.4) is 0 Å². The van der Waals surface area contributed by atoms with E-state index in [0.29, 0.717) is 6.04 Å². The highest BCUT2D eigenvalue weighted by Gasteiger charge is 2.19. The van der Waals surface area contributed by atoms with Crippen molar-refractivity contribution >= 4 is 0 Å². The first-order chi connectivity index (χ1) is 8.81. The van der Waals surface area contributed by atoms with Gasteiger partial charge >= 0.3 is 0 Å². The summed E-state index contributed by atoms with van der Waals surface area (Å²) >= 11 is 0. The Labute approximate surface area is 110 Å². The fraction of sp³-hybridized carbons (Fsp3) is 0.786. The van der Waals surface area contributed by atoms with Crippen molar-refractivity contribution in [2.45, 2.75) is 51.7 Å². The number of likely N-dealkylation sites (N-methyl/N-ethyl adjacent to an activating group) is 1. The van der Waals surface area contributed by atoms with Gasteiger partial charge in [0, 0.05) is 25.3 Å². The molecule has 1 aromatic rings. The minimum Gasteiger partial charge on any atom is -0.332 e. The van der Waals surface area contributed by atoms with Gasteiger partial charge in [0.05, 0.1) is 12.0 Å². The van der Waals surface area contributed by atoms with Gasteiger partial charge in [0.1, 0.15) is 0 Å². The van der Waals surface area contributed by atoms with Crippen LogP contribution in [0.15, 0.2) is 12.5 Å². The van der Waals surface area contributed by atoms with Gasteiger partial charge in [-0.25, -0.2) is 4.98 Å². The highest BCUT2D eigenvalue weighted by atomic mass is 15.2. The molecule has 1 unspecified atom stereocenters. The topological polar surface area (TPSA) is 33.1 Å². The first kappa shape index (κ1) is 13.6. The Bertz CT molecular complexity index is 347. The molecule has 0 spiro atoms. The van der Waals surface area contributed by atoms with E-state index < -0.39 is 0 Å². The molecule has 0 radical (unpaired) electrons. The van der Waals surface area contributed by atoms with Crippen LogP contribution in [0.5, 0.6) is 0 Å². The lowest BCUT2D eigenvalue weighted by atomic mass is 10.0. The molecule has 1 aliphatic rings. The summed E-state index contributed by atoms with van der Waals surface area (Å²) < 4.78 is 2.31. The van der Waals surface area contributed by atoms with Crippen LogP contribution in [-0.2, 0) is 13.1 Å². The third kappa shape index (κ3) is 3.56. The van der Waals surface area contributed by atoms with Crippen LogP contribution in [0, 0.1) is 0 Å². The zero-order chi connectivity index (χ0) is 12.8. The van der Waals surface area contributed by atoms with Crippen molar-refractivity contribution in [3.05, 3.63) is 18.2 Å². The maximum Gasteiger partial charge on any atom is 0.0949 e. The number of aromatic nitrogens is 2. The molecule has 1 aliphatic heterocycles. The summed E-state index contributed by atoms with van der Waals surface area (Å²) in [7, 11) is 2.25. The van der Waals surface area contributed by atoms with Crippen LogP contribution in [-0.4, -0.2) is 40.6 Å². The molecular weight excluding hydrogens is 224 g/mol. The lowest BCUT2D eigenvalue weighted by Crippen LogP contribution is -2.39. The smallest absolute Gasteiger partial charge is 0.0949 e. The molecule has 1 atom stereocenters. The number of rotatable bonds is 6. The molecular formula is C14H26N4. The minimum atomic E-state index is 0.679. The van der Waals surface area contributed by atoms with Gasteiger partial charge in [-0.3, -0.25) is 0 Å². The summed E-state index contributed by atoms with van der Waals surface area (Å²) in [4.78, 5) is 6.79. The zero-order valence-corrected chi connectivity index (χ0v) is 11.7. The van der Waals surface area contributed by atoms with E-state index in [1.165, 1.54) is 37.9 Å². The van der Waals surface area contributed by atoms with Gasteiger partial charge < -0.3 is 14.8 Å². The monoisotopic (exact) mass is 250 g/mol. The standard InChI is InChI=1S/C14H26N4/c1-3-7-15-9-14-10-16-12-18(14)11-13-6-4-5-8-17(13)2/h10,12-13,15H,3-9,11H2,1-2H3. The predicted molar refractivity (Wildman–Crippen MR) is 74.5 cm³/mol. The average molecular weight is 250 g/mol. The van der Waals surface area contributed by atoms with E-state index in [-0.39, 0.29) is 0 Å². The summed E-state index contributed by atoms with van der Waals surface area (Å²) in [5.41, 5.74) is 1.31. The molecule has 1 N–H and O–H groups in total. The van der Waals surface area contributed by atoms with Crippen molar-refractivity contribution in [2.75, 3.05) is 20.1 Å². The number of imidazole rings is 1. The third-order valence-corrected chi connectivity index (χ3v) is 3.86. The molecule has 102 valence electrons. The fourth-order valence-electron chi connectivity index (χ4n) is 2.65. The summed E-state index contributed by atoms with van der Waals surface area (Å²) in [5, 5.41) is 3.45. The van der Waals surface area contributed by atoms with Crippen LogP contribution >= 0.6 is 0 Å². The van der Waals surface area contributed by atoms with Crippen molar-refractivity contribution in [3.8, 4) is 0 Å². The Balaban J connectivity index is 1.90. The molecule has 4 nitrogen and oxygen atoms in total. The zero-order valence-electron chi connectivity index (χ0n) is 11.7. The Morgan fingerprint density at radius 3 is 3.11 bits per heavy atom. The predicted octanol–water partition coefficient (Wildman–Crippen LogP) is 1.87. The molecule has 0 bridgehead atoms. The number of nitrogens with zero attached hydrogens (tertiary/aromatic N) is 3. The SMILES string of the molecule is CCCNCc1cncn1CC1CCCCN1C. The van der Waals surface area contributed by atoms with Crippen LogP contribution < -0.4 is 5.32 Å². The normalized spacial score (nSPS) is 21.3. The van der Waals surface area contributed by atoms with Gasteiger partial charge in [-0.1, -0.05) is 13.3 Å². The van der Waals surface area contributed by atoms with E-state index in [2.05, 4.69) is 33.7 Å². The molecule has 0 saturated carbocycles. The Morgan fingerprint density at radius 2 is 2.33 bits per heavy atom. The first-order valence-corrected chi connectivity index (χ1v) is 7.21. The third-order valence-electron chi connectivity index (χ3n) is 3.86.